The number of morpholine rings is 1. The Balaban J connectivity index is 1.57. The lowest BCUT2D eigenvalue weighted by Gasteiger charge is -2.33. The molecule has 0 N–H and O–H groups in total. The first-order valence-corrected chi connectivity index (χ1v) is 9.28. The molecule has 0 saturated carbocycles. The molecule has 0 radical (unpaired) electrons. The first kappa shape index (κ1) is 17.1. The average Bonchev–Trinajstić information content (AvgIpc) is 3.15. The molecule has 0 aliphatic carbocycles. The van der Waals surface area contributed by atoms with Crippen LogP contribution in [0.1, 0.15) is 43.4 Å². The zero-order valence-corrected chi connectivity index (χ0v) is 15.1. The number of thiazole rings is 1. The lowest BCUT2D eigenvalue weighted by Crippen LogP contribution is -2.42. The van der Waals surface area contributed by atoms with Crippen LogP contribution in [0.5, 0.6) is 0 Å². The summed E-state index contributed by atoms with van der Waals surface area (Å²) in [6.45, 7) is 6.27. The lowest BCUT2D eigenvalue weighted by atomic mass is 9.80. The van der Waals surface area contributed by atoms with E-state index in [1.807, 2.05) is 16.3 Å². The van der Waals surface area contributed by atoms with Gasteiger partial charge >= 0.3 is 0 Å². The number of aromatic nitrogens is 1. The van der Waals surface area contributed by atoms with Crippen molar-refractivity contribution >= 4 is 17.2 Å². The van der Waals surface area contributed by atoms with Crippen molar-refractivity contribution in [1.29, 1.82) is 0 Å². The summed E-state index contributed by atoms with van der Waals surface area (Å²) in [6, 6.07) is 10.4. The quantitative estimate of drug-likeness (QED) is 0.828. The highest BCUT2D eigenvalue weighted by molar-refractivity contribution is 7.09. The summed E-state index contributed by atoms with van der Waals surface area (Å²) in [5, 5.41) is 2.90. The molecule has 4 nitrogen and oxygen atoms in total. The van der Waals surface area contributed by atoms with Crippen LogP contribution in [0.4, 0.5) is 0 Å². The smallest absolute Gasteiger partial charge is 0.222 e. The van der Waals surface area contributed by atoms with Gasteiger partial charge in [-0.05, 0) is 17.4 Å². The number of hydrogen-bond acceptors (Lipinski definition) is 4. The van der Waals surface area contributed by atoms with Gasteiger partial charge in [0.05, 0.1) is 13.2 Å². The van der Waals surface area contributed by atoms with Crippen molar-refractivity contribution < 1.29 is 9.53 Å². The molecule has 2 heterocycles. The number of nitrogens with zero attached hydrogens (tertiary/aromatic N) is 2. The number of hydrogen-bond donors (Lipinski definition) is 0. The second-order valence-electron chi connectivity index (χ2n) is 6.82. The Morgan fingerprint density at radius 2 is 2.17 bits per heavy atom. The zero-order valence-electron chi connectivity index (χ0n) is 14.3. The maximum absolute atomic E-state index is 12.6. The topological polar surface area (TPSA) is 42.4 Å². The molecule has 3 rings (SSSR count). The van der Waals surface area contributed by atoms with Crippen molar-refractivity contribution in [2.45, 2.75) is 38.2 Å². The molecule has 5 heteroatoms. The fraction of sp³-hybridized carbons (Fsp3) is 0.474. The largest absolute Gasteiger partial charge is 0.367 e. The maximum Gasteiger partial charge on any atom is 0.222 e. The molecule has 1 aromatic carbocycles. The Morgan fingerprint density at radius 3 is 2.88 bits per heavy atom. The van der Waals surface area contributed by atoms with Gasteiger partial charge in [-0.1, -0.05) is 44.2 Å². The molecule has 1 amide bonds. The van der Waals surface area contributed by atoms with Gasteiger partial charge in [0.25, 0.3) is 0 Å². The predicted molar refractivity (Wildman–Crippen MR) is 96.1 cm³/mol. The van der Waals surface area contributed by atoms with E-state index in [9.17, 15) is 4.79 Å². The molecular weight excluding hydrogens is 320 g/mol. The van der Waals surface area contributed by atoms with E-state index < -0.39 is 0 Å². The highest BCUT2D eigenvalue weighted by atomic mass is 32.1. The second kappa shape index (κ2) is 7.45. The van der Waals surface area contributed by atoms with E-state index in [4.69, 9.17) is 4.74 Å². The first-order chi connectivity index (χ1) is 11.6. The Bertz CT molecular complexity index is 655. The van der Waals surface area contributed by atoms with E-state index in [1.165, 1.54) is 5.56 Å². The van der Waals surface area contributed by atoms with Crippen LogP contribution >= 0.6 is 11.3 Å². The molecule has 1 aliphatic rings. The summed E-state index contributed by atoms with van der Waals surface area (Å²) in [4.78, 5) is 18.9. The lowest BCUT2D eigenvalue weighted by molar-refractivity contribution is -0.139. The summed E-state index contributed by atoms with van der Waals surface area (Å²) in [5.74, 6) is 0.212. The van der Waals surface area contributed by atoms with E-state index in [0.717, 1.165) is 11.4 Å². The molecule has 1 aliphatic heterocycles. The third kappa shape index (κ3) is 4.02. The van der Waals surface area contributed by atoms with Crippen molar-refractivity contribution in [1.82, 2.24) is 9.88 Å². The van der Waals surface area contributed by atoms with Crippen LogP contribution in [-0.2, 0) is 14.9 Å². The van der Waals surface area contributed by atoms with E-state index in [2.05, 4.69) is 43.1 Å². The minimum absolute atomic E-state index is 0.00207. The number of amides is 1. The molecular formula is C19H24N2O2S. The molecule has 2 aromatic rings. The van der Waals surface area contributed by atoms with Crippen LogP contribution < -0.4 is 0 Å². The van der Waals surface area contributed by atoms with Gasteiger partial charge < -0.3 is 9.64 Å². The monoisotopic (exact) mass is 344 g/mol. The minimum atomic E-state index is -0.0789. The van der Waals surface area contributed by atoms with Crippen molar-refractivity contribution in [2.24, 2.45) is 0 Å². The van der Waals surface area contributed by atoms with E-state index in [0.29, 0.717) is 26.1 Å². The SMILES string of the molecule is CC(C)(CCC(=O)N1CCO[C@H](c2nccs2)C1)c1ccccc1. The molecule has 1 aromatic heterocycles. The van der Waals surface area contributed by atoms with Crippen molar-refractivity contribution in [3.63, 3.8) is 0 Å². The second-order valence-corrected chi connectivity index (χ2v) is 7.75. The van der Waals surface area contributed by atoms with Crippen LogP contribution in [0.25, 0.3) is 0 Å². The maximum atomic E-state index is 12.6. The molecule has 0 spiro atoms. The fourth-order valence-corrected chi connectivity index (χ4v) is 3.71. The molecule has 1 atom stereocenters. The van der Waals surface area contributed by atoms with Gasteiger partial charge in [0.1, 0.15) is 11.1 Å². The van der Waals surface area contributed by atoms with Gasteiger partial charge in [0.15, 0.2) is 0 Å². The van der Waals surface area contributed by atoms with Crippen molar-refractivity contribution in [2.75, 3.05) is 19.7 Å². The average molecular weight is 344 g/mol. The van der Waals surface area contributed by atoms with Crippen LogP contribution in [0.15, 0.2) is 41.9 Å². The van der Waals surface area contributed by atoms with Gasteiger partial charge in [-0.3, -0.25) is 4.79 Å². The summed E-state index contributed by atoms with van der Waals surface area (Å²) in [5.41, 5.74) is 1.28. The number of rotatable bonds is 5. The van der Waals surface area contributed by atoms with E-state index >= 15 is 0 Å². The van der Waals surface area contributed by atoms with Gasteiger partial charge in [-0.25, -0.2) is 4.98 Å². The number of carbonyl (C=O) groups excluding carboxylic acids is 1. The standard InChI is InChI=1S/C19H24N2O2S/c1-19(2,15-6-4-3-5-7-15)9-8-17(22)21-11-12-23-16(14-21)18-20-10-13-24-18/h3-7,10,13,16H,8-9,11-12,14H2,1-2H3/t16-/m0/s1. The summed E-state index contributed by atoms with van der Waals surface area (Å²) in [6.07, 6.45) is 3.11. The molecule has 0 unspecified atom stereocenters. The fourth-order valence-electron chi connectivity index (χ4n) is 3.03. The Hall–Kier alpha value is -1.72. The van der Waals surface area contributed by atoms with Crippen molar-refractivity contribution in [3.05, 3.63) is 52.5 Å². The Labute approximate surface area is 147 Å². The summed E-state index contributed by atoms with van der Waals surface area (Å²) >= 11 is 1.58. The molecule has 24 heavy (non-hydrogen) atoms. The highest BCUT2D eigenvalue weighted by Gasteiger charge is 2.28. The van der Waals surface area contributed by atoms with E-state index in [1.54, 1.807) is 17.5 Å². The van der Waals surface area contributed by atoms with E-state index in [-0.39, 0.29) is 17.4 Å². The number of ether oxygens (including phenoxy) is 1. The van der Waals surface area contributed by atoms with Crippen LogP contribution in [0, 0.1) is 0 Å². The van der Waals surface area contributed by atoms with Crippen LogP contribution in [0.3, 0.4) is 0 Å². The highest BCUT2D eigenvalue weighted by Crippen LogP contribution is 2.29. The van der Waals surface area contributed by atoms with Gasteiger partial charge in [-0.2, -0.15) is 0 Å². The zero-order chi connectivity index (χ0) is 17.0. The third-order valence-electron chi connectivity index (χ3n) is 4.67. The Morgan fingerprint density at radius 1 is 1.38 bits per heavy atom. The molecule has 1 fully saturated rings. The number of benzene rings is 1. The molecule has 1 saturated heterocycles. The molecule has 0 bridgehead atoms. The first-order valence-electron chi connectivity index (χ1n) is 8.40. The minimum Gasteiger partial charge on any atom is -0.367 e. The summed E-state index contributed by atoms with van der Waals surface area (Å²) in [7, 11) is 0. The number of carbonyl (C=O) groups is 1. The van der Waals surface area contributed by atoms with Gasteiger partial charge in [0, 0.05) is 24.5 Å². The summed E-state index contributed by atoms with van der Waals surface area (Å²) < 4.78 is 5.77. The van der Waals surface area contributed by atoms with Gasteiger partial charge in [-0.15, -0.1) is 11.3 Å². The normalized spacial score (nSPS) is 18.6. The molecule has 128 valence electrons. The van der Waals surface area contributed by atoms with Gasteiger partial charge in [0.2, 0.25) is 5.91 Å². The van der Waals surface area contributed by atoms with Crippen LogP contribution in [-0.4, -0.2) is 35.5 Å². The predicted octanol–water partition coefficient (Wildman–Crippen LogP) is 3.80. The Kier molecular flexibility index (Phi) is 5.31. The third-order valence-corrected chi connectivity index (χ3v) is 5.53. The van der Waals surface area contributed by atoms with Crippen molar-refractivity contribution in [3.8, 4) is 0 Å². The van der Waals surface area contributed by atoms with Crippen LogP contribution in [0.2, 0.25) is 0 Å².